The molecule has 0 fully saturated rings. The van der Waals surface area contributed by atoms with Gasteiger partial charge in [0.1, 0.15) is 5.75 Å². The fraction of sp³-hybridized carbons (Fsp3) is 0.350. The molecule has 0 unspecified atom stereocenters. The van der Waals surface area contributed by atoms with E-state index in [1.54, 1.807) is 31.3 Å². The predicted molar refractivity (Wildman–Crippen MR) is 125 cm³/mol. The first-order chi connectivity index (χ1) is 13.7. The molecule has 2 aromatic rings. The fourth-order valence-corrected chi connectivity index (χ4v) is 3.50. The number of aliphatic imine (C=N–C) groups is 1. The normalized spacial score (nSPS) is 11.7. The van der Waals surface area contributed by atoms with E-state index < -0.39 is 16.4 Å². The number of rotatable bonds is 8. The maximum Gasteiger partial charge on any atom is 0.387 e. The molecule has 2 rings (SSSR count). The van der Waals surface area contributed by atoms with E-state index in [0.29, 0.717) is 18.1 Å². The van der Waals surface area contributed by atoms with Gasteiger partial charge in [0.15, 0.2) is 15.8 Å². The van der Waals surface area contributed by atoms with Crippen LogP contribution >= 0.6 is 24.0 Å². The molecule has 166 valence electrons. The molecule has 0 bridgehead atoms. The number of alkyl halides is 2. The molecular formula is C20H26F2IN3O3S. The van der Waals surface area contributed by atoms with Crippen LogP contribution in [0.2, 0.25) is 0 Å². The van der Waals surface area contributed by atoms with Gasteiger partial charge in [0, 0.05) is 32.0 Å². The molecule has 0 amide bonds. The molecule has 0 aromatic heterocycles. The lowest BCUT2D eigenvalue weighted by Crippen LogP contribution is -2.36. The van der Waals surface area contributed by atoms with Crippen molar-refractivity contribution in [3.63, 3.8) is 0 Å². The van der Waals surface area contributed by atoms with Crippen molar-refractivity contribution in [2.24, 2.45) is 4.99 Å². The lowest BCUT2D eigenvalue weighted by Gasteiger charge is -2.15. The van der Waals surface area contributed by atoms with E-state index in [1.165, 1.54) is 12.3 Å². The number of hydrogen-bond acceptors (Lipinski definition) is 4. The van der Waals surface area contributed by atoms with Crippen molar-refractivity contribution < 1.29 is 21.9 Å². The first-order valence-electron chi connectivity index (χ1n) is 8.90. The summed E-state index contributed by atoms with van der Waals surface area (Å²) in [5, 5.41) is 6.20. The summed E-state index contributed by atoms with van der Waals surface area (Å²) >= 11 is 0. The third-order valence-electron chi connectivity index (χ3n) is 4.01. The molecule has 0 saturated heterocycles. The lowest BCUT2D eigenvalue weighted by molar-refractivity contribution is -0.0504. The van der Waals surface area contributed by atoms with Gasteiger partial charge in [-0.2, -0.15) is 8.78 Å². The number of ether oxygens (including phenoxy) is 1. The number of nitrogens with one attached hydrogen (secondary N) is 2. The third-order valence-corrected chi connectivity index (χ3v) is 4.87. The van der Waals surface area contributed by atoms with Crippen LogP contribution in [0.25, 0.3) is 0 Å². The Morgan fingerprint density at radius 1 is 1.07 bits per heavy atom. The molecular weight excluding hydrogens is 527 g/mol. The van der Waals surface area contributed by atoms with Crippen molar-refractivity contribution in [3.05, 3.63) is 64.7 Å². The summed E-state index contributed by atoms with van der Waals surface area (Å²) in [4.78, 5) is 4.12. The zero-order valence-electron chi connectivity index (χ0n) is 17.0. The number of nitrogens with zero attached hydrogens (tertiary/aromatic N) is 1. The van der Waals surface area contributed by atoms with Crippen molar-refractivity contribution in [3.8, 4) is 5.75 Å². The summed E-state index contributed by atoms with van der Waals surface area (Å²) in [6.07, 6.45) is 1.20. The first kappa shape index (κ1) is 26.1. The number of halogens is 3. The van der Waals surface area contributed by atoms with Gasteiger partial charge in [0.05, 0.1) is 5.75 Å². The van der Waals surface area contributed by atoms with Crippen LogP contribution in [0.5, 0.6) is 5.75 Å². The second kappa shape index (κ2) is 12.0. The van der Waals surface area contributed by atoms with Crippen LogP contribution in [0.15, 0.2) is 47.5 Å². The summed E-state index contributed by atoms with van der Waals surface area (Å²) in [5.74, 6) is 0.619. The molecule has 0 radical (unpaired) electrons. The van der Waals surface area contributed by atoms with Gasteiger partial charge < -0.3 is 15.4 Å². The van der Waals surface area contributed by atoms with Gasteiger partial charge in [0.2, 0.25) is 0 Å². The molecule has 0 heterocycles. The van der Waals surface area contributed by atoms with Gasteiger partial charge >= 0.3 is 6.61 Å². The van der Waals surface area contributed by atoms with Crippen LogP contribution in [0.1, 0.15) is 22.3 Å². The van der Waals surface area contributed by atoms with Crippen LogP contribution in [-0.2, 0) is 28.7 Å². The monoisotopic (exact) mass is 553 g/mol. The quantitative estimate of drug-likeness (QED) is 0.297. The Hall–Kier alpha value is -1.95. The van der Waals surface area contributed by atoms with Gasteiger partial charge in [-0.15, -0.1) is 24.0 Å². The Bertz CT molecular complexity index is 952. The number of aryl methyl sites for hydroxylation is 1. The highest BCUT2D eigenvalue weighted by molar-refractivity contribution is 14.0. The Balaban J connectivity index is 0.00000450. The van der Waals surface area contributed by atoms with E-state index in [2.05, 4.69) is 20.4 Å². The van der Waals surface area contributed by atoms with Crippen molar-refractivity contribution >= 4 is 39.8 Å². The maximum absolute atomic E-state index is 12.6. The van der Waals surface area contributed by atoms with Crippen LogP contribution in [-0.4, -0.2) is 34.3 Å². The second-order valence-corrected chi connectivity index (χ2v) is 8.80. The Morgan fingerprint density at radius 2 is 1.67 bits per heavy atom. The zero-order valence-corrected chi connectivity index (χ0v) is 20.1. The summed E-state index contributed by atoms with van der Waals surface area (Å²) in [7, 11) is -1.46. The molecule has 0 saturated carbocycles. The van der Waals surface area contributed by atoms with E-state index in [-0.39, 0.29) is 42.0 Å². The maximum atomic E-state index is 12.6. The second-order valence-electron chi connectivity index (χ2n) is 6.66. The number of hydrogen-bond donors (Lipinski definition) is 2. The van der Waals surface area contributed by atoms with E-state index in [9.17, 15) is 17.2 Å². The predicted octanol–water partition coefficient (Wildman–Crippen LogP) is 3.62. The molecule has 10 heteroatoms. The van der Waals surface area contributed by atoms with Gasteiger partial charge in [-0.25, -0.2) is 8.42 Å². The molecule has 2 aromatic carbocycles. The zero-order chi connectivity index (χ0) is 21.4. The van der Waals surface area contributed by atoms with E-state index >= 15 is 0 Å². The van der Waals surface area contributed by atoms with Gasteiger partial charge in [0.25, 0.3) is 0 Å². The summed E-state index contributed by atoms with van der Waals surface area (Å²) in [6, 6.07) is 12.2. The fourth-order valence-electron chi connectivity index (χ4n) is 2.70. The van der Waals surface area contributed by atoms with Crippen LogP contribution in [0.3, 0.4) is 0 Å². The standard InChI is InChI=1S/C20H25F2N3O3S.HI/c1-14-4-9-18(28-19(21)22)17(10-14)12-25-20(23-2)24-11-15-5-7-16(8-6-15)13-29(3,26)27;/h4-10,19H,11-13H2,1-3H3,(H2,23,24,25);1H. The number of benzene rings is 2. The third kappa shape index (κ3) is 9.24. The number of guanidine groups is 1. The average Bonchev–Trinajstić information content (AvgIpc) is 2.63. The molecule has 0 aliphatic rings. The van der Waals surface area contributed by atoms with Crippen molar-refractivity contribution in [1.29, 1.82) is 0 Å². The Morgan fingerprint density at radius 3 is 2.23 bits per heavy atom. The lowest BCUT2D eigenvalue weighted by atomic mass is 10.1. The largest absolute Gasteiger partial charge is 0.434 e. The van der Waals surface area contributed by atoms with Gasteiger partial charge in [-0.3, -0.25) is 4.99 Å². The number of sulfone groups is 1. The van der Waals surface area contributed by atoms with Crippen molar-refractivity contribution in [2.45, 2.75) is 32.4 Å². The molecule has 0 aliphatic carbocycles. The van der Waals surface area contributed by atoms with Gasteiger partial charge in [-0.1, -0.05) is 42.0 Å². The van der Waals surface area contributed by atoms with Gasteiger partial charge in [-0.05, 0) is 24.1 Å². The molecule has 6 nitrogen and oxygen atoms in total. The van der Waals surface area contributed by atoms with Crippen LogP contribution in [0.4, 0.5) is 8.78 Å². The smallest absolute Gasteiger partial charge is 0.387 e. The average molecular weight is 553 g/mol. The highest BCUT2D eigenvalue weighted by Crippen LogP contribution is 2.22. The molecule has 0 aliphatic heterocycles. The van der Waals surface area contributed by atoms with Crippen molar-refractivity contribution in [2.75, 3.05) is 13.3 Å². The molecule has 30 heavy (non-hydrogen) atoms. The van der Waals surface area contributed by atoms with Crippen LogP contribution < -0.4 is 15.4 Å². The summed E-state index contributed by atoms with van der Waals surface area (Å²) in [6.45, 7) is -0.292. The summed E-state index contributed by atoms with van der Waals surface area (Å²) < 4.78 is 52.4. The van der Waals surface area contributed by atoms with E-state index in [1.807, 2.05) is 19.1 Å². The minimum atomic E-state index is -3.07. The SMILES string of the molecule is CN=C(NCc1ccc(CS(C)(=O)=O)cc1)NCc1cc(C)ccc1OC(F)F.I. The van der Waals surface area contributed by atoms with Crippen molar-refractivity contribution in [1.82, 2.24) is 10.6 Å². The minimum absolute atomic E-state index is 0. The summed E-state index contributed by atoms with van der Waals surface area (Å²) in [5.41, 5.74) is 3.20. The molecule has 2 N–H and O–H groups in total. The molecule has 0 spiro atoms. The topological polar surface area (TPSA) is 79.8 Å². The highest BCUT2D eigenvalue weighted by atomic mass is 127. The Labute approximate surface area is 193 Å². The van der Waals surface area contributed by atoms with E-state index in [0.717, 1.165) is 16.7 Å². The highest BCUT2D eigenvalue weighted by Gasteiger charge is 2.11. The Kier molecular flexibility index (Phi) is 10.5. The first-order valence-corrected chi connectivity index (χ1v) is 11.0. The van der Waals surface area contributed by atoms with Crippen LogP contribution in [0, 0.1) is 6.92 Å². The molecule has 0 atom stereocenters. The van der Waals surface area contributed by atoms with E-state index in [4.69, 9.17) is 0 Å². The minimum Gasteiger partial charge on any atom is -0.434 e.